The quantitative estimate of drug-likeness (QED) is 0.162. The molecule has 10 heteroatoms. The highest BCUT2D eigenvalue weighted by molar-refractivity contribution is 6.05. The van der Waals surface area contributed by atoms with Crippen LogP contribution in [0.3, 0.4) is 0 Å². The van der Waals surface area contributed by atoms with Gasteiger partial charge in [-0.05, 0) is 30.6 Å². The van der Waals surface area contributed by atoms with Crippen molar-refractivity contribution in [3.8, 4) is 0 Å². The number of hydrogen-bond acceptors (Lipinski definition) is 6. The number of rotatable bonds is 14. The van der Waals surface area contributed by atoms with Gasteiger partial charge >= 0.3 is 0 Å². The zero-order valence-corrected chi connectivity index (χ0v) is 21.3. The Morgan fingerprint density at radius 3 is 2.12 bits per heavy atom. The number of hydrogen-bond donors (Lipinski definition) is 3. The molecule has 0 bridgehead atoms. The first-order chi connectivity index (χ1) is 16.0. The van der Waals surface area contributed by atoms with Crippen LogP contribution >= 0.6 is 0 Å². The van der Waals surface area contributed by atoms with Crippen molar-refractivity contribution in [2.24, 2.45) is 17.8 Å². The number of aromatic amines is 1. The SMILES string of the molecule is CC(C)CCC[C@@H](C(=O)NO)N(C(=O)CCC(C)C)N(CC(C)C)C(=O)CC(=O)c1ncc[nH]1. The Morgan fingerprint density at radius 1 is 0.971 bits per heavy atom. The van der Waals surface area contributed by atoms with E-state index in [2.05, 4.69) is 23.8 Å². The number of aromatic nitrogens is 2. The summed E-state index contributed by atoms with van der Waals surface area (Å²) in [6.45, 7) is 12.0. The Hall–Kier alpha value is -2.75. The lowest BCUT2D eigenvalue weighted by Crippen LogP contribution is -2.59. The highest BCUT2D eigenvalue weighted by Gasteiger charge is 2.37. The third-order valence-electron chi connectivity index (χ3n) is 5.32. The van der Waals surface area contributed by atoms with Crippen molar-refractivity contribution in [1.29, 1.82) is 0 Å². The van der Waals surface area contributed by atoms with Crippen LogP contribution in [-0.2, 0) is 14.4 Å². The van der Waals surface area contributed by atoms with Gasteiger partial charge in [-0.25, -0.2) is 15.5 Å². The lowest BCUT2D eigenvalue weighted by molar-refractivity contribution is -0.175. The molecule has 1 aromatic heterocycles. The number of hydroxylamine groups is 1. The highest BCUT2D eigenvalue weighted by Crippen LogP contribution is 2.20. The Balaban J connectivity index is 3.34. The van der Waals surface area contributed by atoms with Crippen LogP contribution in [0, 0.1) is 17.8 Å². The predicted octanol–water partition coefficient (Wildman–Crippen LogP) is 3.35. The van der Waals surface area contributed by atoms with E-state index in [-0.39, 0.29) is 37.0 Å². The van der Waals surface area contributed by atoms with Crippen molar-refractivity contribution in [2.45, 2.75) is 86.1 Å². The molecular weight excluding hydrogens is 438 g/mol. The molecule has 1 aromatic rings. The molecule has 0 aromatic carbocycles. The summed E-state index contributed by atoms with van der Waals surface area (Å²) in [5.41, 5.74) is 1.66. The second-order valence-electron chi connectivity index (χ2n) is 9.89. The van der Waals surface area contributed by atoms with Crippen molar-refractivity contribution in [3.05, 3.63) is 18.2 Å². The topological polar surface area (TPSA) is 136 Å². The molecule has 0 aliphatic heterocycles. The fourth-order valence-electron chi connectivity index (χ4n) is 3.55. The number of amides is 3. The second-order valence-corrected chi connectivity index (χ2v) is 9.89. The van der Waals surface area contributed by atoms with Gasteiger partial charge in [0.1, 0.15) is 6.04 Å². The van der Waals surface area contributed by atoms with Gasteiger partial charge in [0, 0.05) is 25.4 Å². The minimum atomic E-state index is -1.08. The summed E-state index contributed by atoms with van der Waals surface area (Å²) < 4.78 is 0. The standard InChI is InChI=1S/C24H41N5O5/c1-16(2)8-7-9-19(24(33)27-34)29(21(31)11-10-17(3)4)28(15-18(5)6)22(32)14-20(30)23-25-12-13-26-23/h12-13,16-19,34H,7-11,14-15H2,1-6H3,(H,25,26)(H,27,33)/t19-/m0/s1. The molecule has 3 N–H and O–H groups in total. The average molecular weight is 480 g/mol. The van der Waals surface area contributed by atoms with Gasteiger partial charge in [0.15, 0.2) is 5.82 Å². The summed E-state index contributed by atoms with van der Waals surface area (Å²) in [6, 6.07) is -1.08. The first-order valence-corrected chi connectivity index (χ1v) is 12.1. The Labute approximate surface area is 202 Å². The van der Waals surface area contributed by atoms with Crippen molar-refractivity contribution in [2.75, 3.05) is 6.54 Å². The van der Waals surface area contributed by atoms with E-state index in [1.54, 1.807) is 5.48 Å². The van der Waals surface area contributed by atoms with Gasteiger partial charge in [-0.2, -0.15) is 0 Å². The second kappa shape index (κ2) is 14.5. The molecule has 0 aliphatic carbocycles. The Morgan fingerprint density at radius 2 is 1.62 bits per heavy atom. The molecule has 1 atom stereocenters. The number of hydrazine groups is 1. The number of Topliss-reactive ketones (excluding diaryl/α,β-unsaturated/α-hetero) is 1. The number of carbonyl (C=O) groups is 4. The molecule has 3 amide bonds. The smallest absolute Gasteiger partial charge is 0.268 e. The maximum absolute atomic E-state index is 13.4. The molecule has 0 spiro atoms. The summed E-state index contributed by atoms with van der Waals surface area (Å²) in [6.07, 6.45) is 4.81. The van der Waals surface area contributed by atoms with E-state index in [1.807, 2.05) is 27.7 Å². The first kappa shape index (κ1) is 29.3. The van der Waals surface area contributed by atoms with Gasteiger partial charge in [0.2, 0.25) is 17.6 Å². The normalized spacial score (nSPS) is 12.2. The summed E-state index contributed by atoms with van der Waals surface area (Å²) in [4.78, 5) is 58.6. The summed E-state index contributed by atoms with van der Waals surface area (Å²) >= 11 is 0. The van der Waals surface area contributed by atoms with Crippen LogP contribution in [0.25, 0.3) is 0 Å². The Kier molecular flexibility index (Phi) is 12.5. The number of nitrogens with zero attached hydrogens (tertiary/aromatic N) is 3. The van der Waals surface area contributed by atoms with E-state index in [9.17, 15) is 24.4 Å². The molecule has 0 radical (unpaired) electrons. The summed E-state index contributed by atoms with van der Waals surface area (Å²) in [5, 5.41) is 11.8. The van der Waals surface area contributed by atoms with Crippen LogP contribution < -0.4 is 5.48 Å². The minimum absolute atomic E-state index is 0.0448. The summed E-state index contributed by atoms with van der Waals surface area (Å²) in [7, 11) is 0. The van der Waals surface area contributed by atoms with Crippen molar-refractivity contribution >= 4 is 23.5 Å². The van der Waals surface area contributed by atoms with Gasteiger partial charge < -0.3 is 4.98 Å². The third-order valence-corrected chi connectivity index (χ3v) is 5.32. The van der Waals surface area contributed by atoms with E-state index in [0.717, 1.165) is 6.42 Å². The minimum Gasteiger partial charge on any atom is -0.342 e. The number of H-pyrrole nitrogens is 1. The van der Waals surface area contributed by atoms with Gasteiger partial charge in [-0.1, -0.05) is 54.4 Å². The maximum atomic E-state index is 13.4. The molecule has 0 unspecified atom stereocenters. The fraction of sp³-hybridized carbons (Fsp3) is 0.708. The third kappa shape index (κ3) is 9.62. The molecule has 0 saturated heterocycles. The van der Waals surface area contributed by atoms with E-state index in [0.29, 0.717) is 18.8 Å². The lowest BCUT2D eigenvalue weighted by Gasteiger charge is -2.40. The van der Waals surface area contributed by atoms with Crippen molar-refractivity contribution in [3.63, 3.8) is 0 Å². The number of carbonyl (C=O) groups excluding carboxylic acids is 4. The predicted molar refractivity (Wildman–Crippen MR) is 127 cm³/mol. The Bertz CT molecular complexity index is 792. The van der Waals surface area contributed by atoms with Gasteiger partial charge in [0.05, 0.1) is 6.42 Å². The molecule has 192 valence electrons. The van der Waals surface area contributed by atoms with Crippen molar-refractivity contribution < 1.29 is 24.4 Å². The highest BCUT2D eigenvalue weighted by atomic mass is 16.5. The van der Waals surface area contributed by atoms with Gasteiger partial charge in [-0.15, -0.1) is 0 Å². The van der Waals surface area contributed by atoms with Crippen LogP contribution in [0.2, 0.25) is 0 Å². The van der Waals surface area contributed by atoms with E-state index in [4.69, 9.17) is 0 Å². The molecule has 10 nitrogen and oxygen atoms in total. The molecule has 1 rings (SSSR count). The van der Waals surface area contributed by atoms with E-state index in [1.165, 1.54) is 22.4 Å². The van der Waals surface area contributed by atoms with Crippen LogP contribution in [-0.4, -0.2) is 61.3 Å². The number of nitrogens with one attached hydrogen (secondary N) is 2. The first-order valence-electron chi connectivity index (χ1n) is 12.1. The van der Waals surface area contributed by atoms with Crippen molar-refractivity contribution in [1.82, 2.24) is 25.5 Å². The lowest BCUT2D eigenvalue weighted by atomic mass is 10.0. The molecule has 0 saturated carbocycles. The van der Waals surface area contributed by atoms with Crippen LogP contribution in [0.4, 0.5) is 0 Å². The molecule has 0 aliphatic rings. The monoisotopic (exact) mass is 479 g/mol. The van der Waals surface area contributed by atoms with E-state index < -0.39 is 36.0 Å². The number of imidazole rings is 1. The maximum Gasteiger partial charge on any atom is 0.268 e. The molecular formula is C24H41N5O5. The average Bonchev–Trinajstić information content (AvgIpc) is 3.30. The largest absolute Gasteiger partial charge is 0.342 e. The molecule has 34 heavy (non-hydrogen) atoms. The van der Waals surface area contributed by atoms with E-state index >= 15 is 0 Å². The zero-order chi connectivity index (χ0) is 25.8. The van der Waals surface area contributed by atoms with Crippen LogP contribution in [0.15, 0.2) is 12.4 Å². The van der Waals surface area contributed by atoms with Gasteiger partial charge in [-0.3, -0.25) is 29.4 Å². The van der Waals surface area contributed by atoms with Crippen LogP contribution in [0.5, 0.6) is 0 Å². The number of ketones is 1. The summed E-state index contributed by atoms with van der Waals surface area (Å²) in [5.74, 6) is -1.64. The molecule has 0 fully saturated rings. The van der Waals surface area contributed by atoms with Gasteiger partial charge in [0.25, 0.3) is 5.91 Å². The fourth-order valence-corrected chi connectivity index (χ4v) is 3.55. The zero-order valence-electron chi connectivity index (χ0n) is 21.3. The molecule has 1 heterocycles. The van der Waals surface area contributed by atoms with Crippen LogP contribution in [0.1, 0.15) is 90.7 Å².